The molecule has 6 atom stereocenters. The van der Waals surface area contributed by atoms with Crippen molar-refractivity contribution in [2.45, 2.75) is 56.5 Å². The number of halogens is 2. The first kappa shape index (κ1) is 36.3. The quantitative estimate of drug-likeness (QED) is 0.152. The number of amides is 4. The highest BCUT2D eigenvalue weighted by Crippen LogP contribution is 2.65. The Hall–Kier alpha value is -5.32. The number of hydrogen-bond donors (Lipinski definition) is 2. The first-order chi connectivity index (χ1) is 27.1. The summed E-state index contributed by atoms with van der Waals surface area (Å²) in [5, 5.41) is 13.3. The molecule has 4 fully saturated rings. The van der Waals surface area contributed by atoms with Gasteiger partial charge in [0.25, 0.3) is 11.8 Å². The third kappa shape index (κ3) is 5.67. The number of likely N-dealkylation sites (tertiary alicyclic amines) is 2. The Bertz CT molecular complexity index is 2260. The number of phenolic OH excluding ortho intramolecular Hbond substituents is 1. The van der Waals surface area contributed by atoms with E-state index < -0.39 is 52.6 Å². The van der Waals surface area contributed by atoms with Crippen LogP contribution in [-0.4, -0.2) is 62.7 Å². The van der Waals surface area contributed by atoms with E-state index in [-0.39, 0.29) is 30.0 Å². The molecule has 6 unspecified atom stereocenters. The van der Waals surface area contributed by atoms with Gasteiger partial charge < -0.3 is 5.11 Å². The number of phenols is 1. The molecular weight excluding hydrogens is 731 g/mol. The van der Waals surface area contributed by atoms with E-state index in [1.54, 1.807) is 43.3 Å². The molecule has 3 heterocycles. The van der Waals surface area contributed by atoms with Crippen molar-refractivity contribution in [3.05, 3.63) is 142 Å². The van der Waals surface area contributed by atoms with E-state index in [1.807, 2.05) is 30.3 Å². The number of carbonyl (C=O) groups is 4. The van der Waals surface area contributed by atoms with Crippen LogP contribution in [0.5, 0.6) is 5.75 Å². The van der Waals surface area contributed by atoms with Crippen molar-refractivity contribution in [2.75, 3.05) is 18.5 Å². The van der Waals surface area contributed by atoms with Gasteiger partial charge >= 0.3 is 0 Å². The minimum atomic E-state index is -1.56. The number of aromatic hydroxyl groups is 1. The molecule has 2 N–H and O–H groups in total. The monoisotopic (exact) mass is 772 g/mol. The first-order valence-corrected chi connectivity index (χ1v) is 19.7. The van der Waals surface area contributed by atoms with Crippen LogP contribution in [0, 0.1) is 36.4 Å². The number of aryl methyl sites for hydroxylation is 1. The van der Waals surface area contributed by atoms with Crippen molar-refractivity contribution in [3.8, 4) is 5.75 Å². The number of hydrogen-bond acceptors (Lipinski definition) is 7. The molecule has 0 aromatic heterocycles. The Balaban J connectivity index is 1.12. The molecule has 0 bridgehead atoms. The van der Waals surface area contributed by atoms with Crippen molar-refractivity contribution in [2.24, 2.45) is 23.7 Å². The fourth-order valence-corrected chi connectivity index (χ4v) is 10.6. The zero-order valence-electron chi connectivity index (χ0n) is 30.9. The molecule has 0 spiro atoms. The van der Waals surface area contributed by atoms with E-state index >= 15 is 4.79 Å². The van der Waals surface area contributed by atoms with Crippen LogP contribution in [0.2, 0.25) is 5.02 Å². The van der Waals surface area contributed by atoms with Crippen LogP contribution in [0.3, 0.4) is 0 Å². The van der Waals surface area contributed by atoms with E-state index in [0.29, 0.717) is 46.7 Å². The highest BCUT2D eigenvalue weighted by Gasteiger charge is 2.70. The van der Waals surface area contributed by atoms with Gasteiger partial charge in [-0.25, -0.2) is 4.39 Å². The lowest BCUT2D eigenvalue weighted by Crippen LogP contribution is -2.53. The lowest BCUT2D eigenvalue weighted by Gasteiger charge is -2.50. The van der Waals surface area contributed by atoms with Gasteiger partial charge in [-0.05, 0) is 91.6 Å². The number of nitrogens with one attached hydrogen (secondary N) is 1. The third-order valence-electron chi connectivity index (χ3n) is 13.0. The van der Waals surface area contributed by atoms with Gasteiger partial charge in [-0.1, -0.05) is 83.9 Å². The van der Waals surface area contributed by atoms with Crippen LogP contribution in [0.1, 0.15) is 53.9 Å². The Labute approximate surface area is 329 Å². The molecule has 286 valence electrons. The van der Waals surface area contributed by atoms with Gasteiger partial charge in [0, 0.05) is 42.2 Å². The Morgan fingerprint density at radius 2 is 1.55 bits per heavy atom. The molecule has 0 radical (unpaired) electrons. The number of benzene rings is 4. The number of anilines is 1. The van der Waals surface area contributed by atoms with E-state index in [4.69, 9.17) is 11.6 Å². The van der Waals surface area contributed by atoms with Gasteiger partial charge in [-0.15, -0.1) is 0 Å². The van der Waals surface area contributed by atoms with E-state index in [9.17, 15) is 23.9 Å². The van der Waals surface area contributed by atoms with Crippen molar-refractivity contribution in [3.63, 3.8) is 0 Å². The molecule has 4 aromatic rings. The minimum absolute atomic E-state index is 0.00355. The summed E-state index contributed by atoms with van der Waals surface area (Å²) in [6, 6.07) is 27.7. The molecule has 4 amide bonds. The second-order valence-electron chi connectivity index (χ2n) is 15.9. The molecular formula is C45H42ClFN4O5. The lowest BCUT2D eigenvalue weighted by atomic mass is 9.49. The molecule has 4 aromatic carbocycles. The third-order valence-corrected chi connectivity index (χ3v) is 13.3. The molecule has 11 heteroatoms. The summed E-state index contributed by atoms with van der Waals surface area (Å²) in [6.07, 6.45) is 3.78. The van der Waals surface area contributed by atoms with Crippen LogP contribution in [0.25, 0.3) is 0 Å². The highest BCUT2D eigenvalue weighted by molar-refractivity contribution is 6.30. The first-order valence-electron chi connectivity index (χ1n) is 19.4. The maximum absolute atomic E-state index is 15.3. The van der Waals surface area contributed by atoms with E-state index in [0.717, 1.165) is 30.2 Å². The van der Waals surface area contributed by atoms with Crippen LogP contribution in [0.4, 0.5) is 10.1 Å². The number of nitrogens with zero attached hydrogens (tertiary/aromatic N) is 3. The predicted molar refractivity (Wildman–Crippen MR) is 208 cm³/mol. The minimum Gasteiger partial charge on any atom is -0.507 e. The second kappa shape index (κ2) is 14.0. The number of piperidine rings is 1. The van der Waals surface area contributed by atoms with Crippen LogP contribution in [-0.2, 0) is 31.1 Å². The maximum atomic E-state index is 15.3. The summed E-state index contributed by atoms with van der Waals surface area (Å²) in [6.45, 7) is 4.10. The van der Waals surface area contributed by atoms with Crippen LogP contribution in [0.15, 0.2) is 109 Å². The summed E-state index contributed by atoms with van der Waals surface area (Å²) in [7, 11) is 0. The van der Waals surface area contributed by atoms with Crippen LogP contribution >= 0.6 is 11.6 Å². The number of para-hydroxylation sites is 1. The number of carbonyl (C=O) groups excluding carboxylic acids is 4. The molecule has 1 saturated carbocycles. The van der Waals surface area contributed by atoms with E-state index in [1.165, 1.54) is 34.7 Å². The summed E-state index contributed by atoms with van der Waals surface area (Å²) < 4.78 is 13.9. The number of allylic oxidation sites excluding steroid dienone is 2. The summed E-state index contributed by atoms with van der Waals surface area (Å²) in [4.78, 5) is 63.2. The average molecular weight is 773 g/mol. The second-order valence-corrected chi connectivity index (χ2v) is 16.4. The van der Waals surface area contributed by atoms with Gasteiger partial charge in [-0.2, -0.15) is 5.01 Å². The topological polar surface area (TPSA) is 110 Å². The summed E-state index contributed by atoms with van der Waals surface area (Å²) in [5.41, 5.74) is 5.33. The average Bonchev–Trinajstić information content (AvgIpc) is 3.58. The molecule has 9 rings (SSSR count). The Kier molecular flexibility index (Phi) is 9.09. The number of imide groups is 2. The fraction of sp³-hybridized carbons (Fsp3) is 0.333. The molecule has 9 nitrogen and oxygen atoms in total. The summed E-state index contributed by atoms with van der Waals surface area (Å²) >= 11 is 6.39. The largest absolute Gasteiger partial charge is 0.507 e. The van der Waals surface area contributed by atoms with Crippen molar-refractivity contribution >= 4 is 40.9 Å². The van der Waals surface area contributed by atoms with E-state index in [2.05, 4.69) is 22.5 Å². The van der Waals surface area contributed by atoms with Crippen LogP contribution < -0.4 is 5.43 Å². The molecule has 2 aliphatic carbocycles. The molecule has 56 heavy (non-hydrogen) atoms. The normalized spacial score (nSPS) is 27.9. The number of fused-ring (bicyclic) bond motifs is 4. The smallest absolute Gasteiger partial charge is 0.260 e. The molecule has 5 aliphatic rings. The Morgan fingerprint density at radius 1 is 0.839 bits per heavy atom. The number of hydrazine groups is 1. The zero-order valence-corrected chi connectivity index (χ0v) is 31.7. The number of rotatable bonds is 7. The van der Waals surface area contributed by atoms with Gasteiger partial charge in [-0.3, -0.25) is 34.4 Å². The van der Waals surface area contributed by atoms with Crippen molar-refractivity contribution < 1.29 is 28.7 Å². The van der Waals surface area contributed by atoms with Gasteiger partial charge in [0.15, 0.2) is 0 Å². The summed E-state index contributed by atoms with van der Waals surface area (Å²) in [5.74, 6) is -5.63. The fourth-order valence-electron chi connectivity index (χ4n) is 10.5. The van der Waals surface area contributed by atoms with Gasteiger partial charge in [0.1, 0.15) is 11.6 Å². The predicted octanol–water partition coefficient (Wildman–Crippen LogP) is 7.14. The maximum Gasteiger partial charge on any atom is 0.260 e. The molecule has 3 saturated heterocycles. The zero-order chi connectivity index (χ0) is 38.9. The van der Waals surface area contributed by atoms with Crippen molar-refractivity contribution in [1.29, 1.82) is 0 Å². The SMILES string of the molecule is Cc1cccc(C2C3=CCC4C(=O)N(C5CCN(Cc6ccccc6)CC5)C(=O)C4C3CC3C(=O)N(Nc4ccc(F)cc4)C(=O)C32c2ccc(Cl)cc2)c1O. The Morgan fingerprint density at radius 3 is 2.27 bits per heavy atom. The molecule has 3 aliphatic heterocycles. The lowest BCUT2D eigenvalue weighted by molar-refractivity contribution is -0.144. The highest BCUT2D eigenvalue weighted by atomic mass is 35.5. The van der Waals surface area contributed by atoms with Gasteiger partial charge in [0.2, 0.25) is 11.8 Å². The van der Waals surface area contributed by atoms with Gasteiger partial charge in [0.05, 0.1) is 28.9 Å². The standard InChI is InChI=1S/C45H42ClFN4O5/c1-26-6-5-9-35(40(26)52)39-33-18-19-34-38(43(55)50(41(34)53)32-20-22-49(23-21-32)25-27-7-3-2-4-8-27)36(33)24-37-42(54)51(48-31-16-14-30(47)15-17-31)44(56)45(37,39)28-10-12-29(46)13-11-28/h2-18,32,34,36-39,48,52H,19-25H2,1H3. The van der Waals surface area contributed by atoms with Crippen molar-refractivity contribution in [1.82, 2.24) is 14.8 Å².